The maximum atomic E-state index is 13.4. The molecule has 5 amide bonds. The highest BCUT2D eigenvalue weighted by atomic mass is 16.6. The number of hydrogen-bond donors (Lipinski definition) is 5. The number of hydrogen-bond acceptors (Lipinski definition) is 10. The van der Waals surface area contributed by atoms with E-state index in [9.17, 15) is 28.8 Å². The van der Waals surface area contributed by atoms with E-state index < -0.39 is 65.8 Å². The molecule has 3 atom stereocenters. The zero-order valence-electron chi connectivity index (χ0n) is 29.2. The number of rotatable bonds is 22. The van der Waals surface area contributed by atoms with Crippen LogP contribution in [0.1, 0.15) is 79.6 Å². The van der Waals surface area contributed by atoms with Crippen molar-refractivity contribution >= 4 is 35.7 Å². The molecule has 17 heteroatoms. The molecule has 17 nitrogen and oxygen atoms in total. The molecule has 1 aliphatic carbocycles. The number of esters is 1. The van der Waals surface area contributed by atoms with Gasteiger partial charge in [0.2, 0.25) is 23.6 Å². The molecule has 0 aromatic rings. The molecule has 0 saturated heterocycles. The van der Waals surface area contributed by atoms with Crippen LogP contribution in [0.3, 0.4) is 0 Å². The third kappa shape index (κ3) is 20.4. The molecule has 0 unspecified atom stereocenters. The van der Waals surface area contributed by atoms with Gasteiger partial charge < -0.3 is 40.8 Å². The summed E-state index contributed by atoms with van der Waals surface area (Å²) in [7, 11) is 0. The van der Waals surface area contributed by atoms with E-state index in [1.54, 1.807) is 27.7 Å². The Labute approximate surface area is 287 Å². The lowest BCUT2D eigenvalue weighted by Crippen LogP contribution is -2.57. The first-order chi connectivity index (χ1) is 23.2. The third-order valence-corrected chi connectivity index (χ3v) is 6.65. The van der Waals surface area contributed by atoms with Crippen LogP contribution in [0.2, 0.25) is 0 Å². The molecule has 0 radical (unpaired) electrons. The largest absolute Gasteiger partial charge is 0.460 e. The van der Waals surface area contributed by atoms with Gasteiger partial charge >= 0.3 is 12.1 Å². The molecule has 0 bridgehead atoms. The normalized spacial score (nSPS) is 14.1. The first-order valence-electron chi connectivity index (χ1n) is 16.5. The fourth-order valence-electron chi connectivity index (χ4n) is 4.47. The van der Waals surface area contributed by atoms with Crippen molar-refractivity contribution in [3.63, 3.8) is 0 Å². The molecule has 0 spiro atoms. The predicted octanol–water partition coefficient (Wildman–Crippen LogP) is 2.22. The first-order valence-corrected chi connectivity index (χ1v) is 16.5. The zero-order chi connectivity index (χ0) is 36.7. The van der Waals surface area contributed by atoms with E-state index in [2.05, 4.69) is 36.6 Å². The summed E-state index contributed by atoms with van der Waals surface area (Å²) in [4.78, 5) is 78.9. The number of allylic oxidation sites excluding steroid dienone is 2. The summed E-state index contributed by atoms with van der Waals surface area (Å²) < 4.78 is 15.8. The van der Waals surface area contributed by atoms with Gasteiger partial charge in [-0.3, -0.25) is 24.0 Å². The van der Waals surface area contributed by atoms with Crippen molar-refractivity contribution in [1.82, 2.24) is 26.6 Å². The summed E-state index contributed by atoms with van der Waals surface area (Å²) in [6.07, 6.45) is 7.83. The van der Waals surface area contributed by atoms with Crippen molar-refractivity contribution in [2.45, 2.75) is 103 Å². The van der Waals surface area contributed by atoms with Gasteiger partial charge in [0.05, 0.1) is 19.6 Å². The number of ether oxygens (including phenoxy) is 3. The van der Waals surface area contributed by atoms with Gasteiger partial charge in [-0.05, 0) is 64.0 Å². The number of nitrogens with one attached hydrogen (secondary N) is 5. The van der Waals surface area contributed by atoms with Crippen LogP contribution in [0.15, 0.2) is 28.9 Å². The van der Waals surface area contributed by atoms with Crippen molar-refractivity contribution < 1.29 is 43.0 Å². The molecule has 0 fully saturated rings. The topological polar surface area (TPSA) is 239 Å². The van der Waals surface area contributed by atoms with Crippen molar-refractivity contribution in [3.8, 4) is 0 Å². The molecule has 0 heterocycles. The summed E-state index contributed by atoms with van der Waals surface area (Å²) in [5.74, 6) is -3.20. The lowest BCUT2D eigenvalue weighted by atomic mass is 10.1. The Hall–Kier alpha value is -4.63. The van der Waals surface area contributed by atoms with Crippen molar-refractivity contribution in [2.75, 3.05) is 39.5 Å². The molecule has 274 valence electrons. The third-order valence-electron chi connectivity index (χ3n) is 6.65. The van der Waals surface area contributed by atoms with E-state index in [0.717, 1.165) is 18.4 Å². The predicted molar refractivity (Wildman–Crippen MR) is 180 cm³/mol. The van der Waals surface area contributed by atoms with Crippen LogP contribution in [0.4, 0.5) is 4.79 Å². The van der Waals surface area contributed by atoms with Crippen LogP contribution in [0.5, 0.6) is 0 Å². The van der Waals surface area contributed by atoms with Gasteiger partial charge in [-0.2, -0.15) is 0 Å². The highest BCUT2D eigenvalue weighted by Crippen LogP contribution is 2.11. The maximum absolute atomic E-state index is 13.4. The molecule has 5 N–H and O–H groups in total. The lowest BCUT2D eigenvalue weighted by Gasteiger charge is -2.26. The van der Waals surface area contributed by atoms with Crippen LogP contribution in [-0.2, 0) is 38.2 Å². The fraction of sp³-hybridized carbons (Fsp3) is 0.688. The molecule has 0 aliphatic heterocycles. The first kappa shape index (κ1) is 42.4. The Bertz CT molecular complexity index is 1230. The van der Waals surface area contributed by atoms with E-state index in [4.69, 9.17) is 19.7 Å². The van der Waals surface area contributed by atoms with E-state index >= 15 is 0 Å². The molecular formula is C32H52N8O9. The highest BCUT2D eigenvalue weighted by molar-refractivity contribution is 5.95. The van der Waals surface area contributed by atoms with Gasteiger partial charge in [-0.1, -0.05) is 36.7 Å². The minimum absolute atomic E-state index is 0.0469. The standard InChI is InChI=1S/C32H52N8O9/c1-6-11-24(29(44)39-26(20-27(42)49-32(3,4)5)28(43)34-16-18-47-19-17-36-40-33)38-30(45)25(37-22(2)41)14-10-15-35-31(46)48-21-23-12-8-7-9-13-23/h8,12-13,24-26H,6-7,9-11,14-21H2,1-5H3,(H,34,43)(H,35,46)(H,37,41)(H,38,45)(H,39,44)/t24-,25+,26+/m1/s1. The number of carbonyl (C=O) groups is 6. The van der Waals surface area contributed by atoms with Gasteiger partial charge in [0.25, 0.3) is 0 Å². The van der Waals surface area contributed by atoms with Gasteiger partial charge in [-0.25, -0.2) is 4.79 Å². The van der Waals surface area contributed by atoms with Crippen LogP contribution >= 0.6 is 0 Å². The van der Waals surface area contributed by atoms with Gasteiger partial charge in [0, 0.05) is 31.5 Å². The smallest absolute Gasteiger partial charge is 0.407 e. The fourth-order valence-corrected chi connectivity index (χ4v) is 4.47. The van der Waals surface area contributed by atoms with Crippen molar-refractivity contribution in [2.24, 2.45) is 5.11 Å². The second-order valence-electron chi connectivity index (χ2n) is 12.2. The Kier molecular flexibility index (Phi) is 20.5. The van der Waals surface area contributed by atoms with Gasteiger partial charge in [0.1, 0.15) is 30.3 Å². The Morgan fingerprint density at radius 1 is 0.918 bits per heavy atom. The second-order valence-corrected chi connectivity index (χ2v) is 12.2. The van der Waals surface area contributed by atoms with Gasteiger partial charge in [-0.15, -0.1) is 0 Å². The molecule has 49 heavy (non-hydrogen) atoms. The average Bonchev–Trinajstić information content (AvgIpc) is 3.03. The summed E-state index contributed by atoms with van der Waals surface area (Å²) in [6, 6.07) is -3.44. The quantitative estimate of drug-likeness (QED) is 0.0367. The summed E-state index contributed by atoms with van der Waals surface area (Å²) >= 11 is 0. The number of amides is 5. The molecule has 0 aromatic heterocycles. The minimum atomic E-state index is -1.33. The molecule has 0 aromatic carbocycles. The monoisotopic (exact) mass is 692 g/mol. The van der Waals surface area contributed by atoms with Crippen LogP contribution in [0, 0.1) is 0 Å². The SMILES string of the molecule is CCC[C@@H](NC(=O)[C@H](CCCNC(=O)OCC1=CCCC=C1)NC(C)=O)C(=O)N[C@@H](CC(=O)OC(C)(C)C)C(=O)NCCOCCN=[N+]=[N-]. The van der Waals surface area contributed by atoms with Crippen LogP contribution in [0.25, 0.3) is 10.4 Å². The van der Waals surface area contributed by atoms with E-state index in [1.807, 2.05) is 18.2 Å². The molecule has 0 saturated carbocycles. The number of carbonyl (C=O) groups excluding carboxylic acids is 6. The number of nitrogens with zero attached hydrogens (tertiary/aromatic N) is 3. The summed E-state index contributed by atoms with van der Waals surface area (Å²) in [5.41, 5.74) is 8.40. The maximum Gasteiger partial charge on any atom is 0.407 e. The minimum Gasteiger partial charge on any atom is -0.460 e. The van der Waals surface area contributed by atoms with E-state index in [0.29, 0.717) is 12.8 Å². The van der Waals surface area contributed by atoms with Crippen molar-refractivity contribution in [3.05, 3.63) is 34.2 Å². The summed E-state index contributed by atoms with van der Waals surface area (Å²) in [6.45, 7) is 8.79. The molecule has 1 rings (SSSR count). The van der Waals surface area contributed by atoms with E-state index in [1.165, 1.54) is 6.92 Å². The summed E-state index contributed by atoms with van der Waals surface area (Å²) in [5, 5.41) is 16.3. The van der Waals surface area contributed by atoms with E-state index in [-0.39, 0.29) is 52.3 Å². The number of alkyl carbamates (subject to hydrolysis) is 1. The van der Waals surface area contributed by atoms with Crippen LogP contribution < -0.4 is 26.6 Å². The Morgan fingerprint density at radius 3 is 2.22 bits per heavy atom. The second kappa shape index (κ2) is 23.7. The van der Waals surface area contributed by atoms with Gasteiger partial charge in [0.15, 0.2) is 0 Å². The lowest BCUT2D eigenvalue weighted by molar-refractivity contribution is -0.156. The zero-order valence-corrected chi connectivity index (χ0v) is 29.2. The Balaban J connectivity index is 2.83. The number of azide groups is 1. The van der Waals surface area contributed by atoms with Crippen LogP contribution in [-0.4, -0.2) is 98.9 Å². The Morgan fingerprint density at radius 2 is 1.61 bits per heavy atom. The molecular weight excluding hydrogens is 640 g/mol. The molecule has 1 aliphatic rings. The highest BCUT2D eigenvalue weighted by Gasteiger charge is 2.31. The van der Waals surface area contributed by atoms with Crippen molar-refractivity contribution in [1.29, 1.82) is 0 Å². The average molecular weight is 693 g/mol.